The number of hydrogen-bond acceptors (Lipinski definition) is 4. The number of nitrogens with zero attached hydrogens (tertiary/aromatic N) is 1. The van der Waals surface area contributed by atoms with Crippen molar-refractivity contribution in [2.45, 2.75) is 21.9 Å². The van der Waals surface area contributed by atoms with E-state index in [1.165, 1.54) is 16.8 Å². The Balaban J connectivity index is 1.83. The van der Waals surface area contributed by atoms with E-state index < -0.39 is 6.10 Å². The molecule has 0 radical (unpaired) electrons. The van der Waals surface area contributed by atoms with Gasteiger partial charge in [0.05, 0.1) is 0 Å². The van der Waals surface area contributed by atoms with Gasteiger partial charge in [0.15, 0.2) is 6.10 Å². The Hall–Kier alpha value is -1.43. The Morgan fingerprint density at radius 3 is 2.27 bits per heavy atom. The first-order valence-electron chi connectivity index (χ1n) is 6.97. The molecule has 3 nitrogen and oxygen atoms in total. The van der Waals surface area contributed by atoms with Crippen molar-refractivity contribution in [3.8, 4) is 0 Å². The summed E-state index contributed by atoms with van der Waals surface area (Å²) >= 11 is 3.18. The van der Waals surface area contributed by atoms with Crippen LogP contribution in [0.25, 0.3) is 0 Å². The van der Waals surface area contributed by atoms with Gasteiger partial charge in [-0.25, -0.2) is 0 Å². The topological polar surface area (TPSA) is 29.5 Å². The number of amides is 1. The van der Waals surface area contributed by atoms with Gasteiger partial charge in [-0.05, 0) is 48.0 Å². The van der Waals surface area contributed by atoms with Crippen LogP contribution in [-0.2, 0) is 9.53 Å². The summed E-state index contributed by atoms with van der Waals surface area (Å²) in [5.41, 5.74) is 1.10. The summed E-state index contributed by atoms with van der Waals surface area (Å²) in [5.74, 6) is 0.0234. The molecule has 1 aliphatic heterocycles. The van der Waals surface area contributed by atoms with Crippen LogP contribution in [0.5, 0.6) is 0 Å². The van der Waals surface area contributed by atoms with Crippen LogP contribution >= 0.6 is 23.7 Å². The lowest BCUT2D eigenvalue weighted by Gasteiger charge is -2.45. The second-order valence-electron chi connectivity index (χ2n) is 4.94. The zero-order chi connectivity index (χ0) is 15.5. The van der Waals surface area contributed by atoms with Crippen LogP contribution in [0.4, 0.5) is 0 Å². The summed E-state index contributed by atoms with van der Waals surface area (Å²) in [7, 11) is 1.59. The van der Waals surface area contributed by atoms with Gasteiger partial charge in [0.1, 0.15) is 6.04 Å². The van der Waals surface area contributed by atoms with Gasteiger partial charge in [-0.3, -0.25) is 9.10 Å². The fraction of sp³-hybridized carbons (Fsp3) is 0.235. The van der Waals surface area contributed by atoms with Crippen molar-refractivity contribution in [1.29, 1.82) is 0 Å². The van der Waals surface area contributed by atoms with E-state index in [0.29, 0.717) is 0 Å². The molecule has 1 amide bonds. The summed E-state index contributed by atoms with van der Waals surface area (Å²) in [6.07, 6.45) is 1.66. The first kappa shape index (κ1) is 15.5. The summed E-state index contributed by atoms with van der Waals surface area (Å²) in [4.78, 5) is 14.5. The fourth-order valence-corrected chi connectivity index (χ4v) is 3.93. The number of ether oxygens (including phenoxy) is 1. The van der Waals surface area contributed by atoms with Crippen LogP contribution in [0.2, 0.25) is 0 Å². The fourth-order valence-electron chi connectivity index (χ4n) is 2.48. The molecular weight excluding hydrogens is 314 g/mol. The van der Waals surface area contributed by atoms with Gasteiger partial charge in [-0.1, -0.05) is 30.3 Å². The number of thioether (sulfide) groups is 1. The number of rotatable bonds is 5. The maximum Gasteiger partial charge on any atom is 0.265 e. The highest BCUT2D eigenvalue weighted by Gasteiger charge is 2.49. The molecular formula is C17H17NO2S2. The van der Waals surface area contributed by atoms with Crippen LogP contribution in [0.1, 0.15) is 11.6 Å². The van der Waals surface area contributed by atoms with Crippen molar-refractivity contribution >= 4 is 29.6 Å². The largest absolute Gasteiger partial charge is 0.369 e. The molecule has 22 heavy (non-hydrogen) atoms. The standard InChI is InChI=1S/C17H17NO2S2/c1-20-16-15(12-8-10-13(21-2)11-9-12)18(17(16)19)22-14-6-4-3-5-7-14/h3-11,15-16H,1-2H3/t15-,16+/m0/s1. The van der Waals surface area contributed by atoms with Crippen LogP contribution in [-0.4, -0.2) is 29.7 Å². The highest BCUT2D eigenvalue weighted by molar-refractivity contribution is 7.98. The van der Waals surface area contributed by atoms with Gasteiger partial charge in [-0.2, -0.15) is 0 Å². The quantitative estimate of drug-likeness (QED) is 0.470. The van der Waals surface area contributed by atoms with Crippen LogP contribution in [0.3, 0.4) is 0 Å². The Labute approximate surface area is 139 Å². The van der Waals surface area contributed by atoms with Gasteiger partial charge in [-0.15, -0.1) is 11.8 Å². The van der Waals surface area contributed by atoms with E-state index in [1.54, 1.807) is 23.2 Å². The highest BCUT2D eigenvalue weighted by Crippen LogP contribution is 2.44. The smallest absolute Gasteiger partial charge is 0.265 e. The van der Waals surface area contributed by atoms with Crippen molar-refractivity contribution in [3.05, 3.63) is 60.2 Å². The number of β-lactam (4-membered cyclic amide) rings is 1. The molecule has 0 N–H and O–H groups in total. The molecule has 0 aliphatic carbocycles. The number of carbonyl (C=O) groups excluding carboxylic acids is 1. The third-order valence-electron chi connectivity index (χ3n) is 3.66. The summed E-state index contributed by atoms with van der Waals surface area (Å²) in [5, 5.41) is 0. The molecule has 3 rings (SSSR count). The van der Waals surface area contributed by atoms with Gasteiger partial charge < -0.3 is 4.74 Å². The monoisotopic (exact) mass is 331 g/mol. The summed E-state index contributed by atoms with van der Waals surface area (Å²) in [6.45, 7) is 0. The number of hydrogen-bond donors (Lipinski definition) is 0. The van der Waals surface area contributed by atoms with E-state index in [9.17, 15) is 4.79 Å². The maximum absolute atomic E-state index is 12.3. The minimum absolute atomic E-state index is 0.0234. The van der Waals surface area contributed by atoms with Crippen molar-refractivity contribution in [3.63, 3.8) is 0 Å². The van der Waals surface area contributed by atoms with Crippen LogP contribution in [0, 0.1) is 0 Å². The first-order valence-corrected chi connectivity index (χ1v) is 8.97. The van der Waals surface area contributed by atoms with Crippen molar-refractivity contribution in [1.82, 2.24) is 4.31 Å². The summed E-state index contributed by atoms with van der Waals surface area (Å²) in [6, 6.07) is 18.2. The van der Waals surface area contributed by atoms with E-state index in [4.69, 9.17) is 4.74 Å². The molecule has 1 aliphatic rings. The SMILES string of the molecule is CO[C@H]1C(=O)N(Sc2ccccc2)[C@H]1c1ccc(SC)cc1. The lowest BCUT2D eigenvalue weighted by Crippen LogP contribution is -2.56. The predicted molar refractivity (Wildman–Crippen MR) is 90.9 cm³/mol. The third kappa shape index (κ3) is 2.89. The predicted octanol–water partition coefficient (Wildman–Crippen LogP) is 4.01. The average molecular weight is 331 g/mol. The van der Waals surface area contributed by atoms with Crippen LogP contribution < -0.4 is 0 Å². The minimum Gasteiger partial charge on any atom is -0.369 e. The highest BCUT2D eigenvalue weighted by atomic mass is 32.2. The molecule has 1 saturated heterocycles. The van der Waals surface area contributed by atoms with Crippen molar-refractivity contribution in [2.24, 2.45) is 0 Å². The number of carbonyl (C=O) groups is 1. The van der Waals surface area contributed by atoms with E-state index in [-0.39, 0.29) is 11.9 Å². The Morgan fingerprint density at radius 2 is 1.68 bits per heavy atom. The Bertz CT molecular complexity index is 645. The molecule has 2 aromatic rings. The molecule has 1 fully saturated rings. The maximum atomic E-state index is 12.3. The third-order valence-corrected chi connectivity index (χ3v) is 5.49. The van der Waals surface area contributed by atoms with Gasteiger partial charge in [0.25, 0.3) is 5.91 Å². The second-order valence-corrected chi connectivity index (χ2v) is 6.87. The minimum atomic E-state index is -0.392. The first-order chi connectivity index (χ1) is 10.7. The second kappa shape index (κ2) is 6.77. The van der Waals surface area contributed by atoms with E-state index in [2.05, 4.69) is 30.5 Å². The summed E-state index contributed by atoms with van der Waals surface area (Å²) < 4.78 is 7.18. The van der Waals surface area contributed by atoms with Crippen molar-refractivity contribution in [2.75, 3.05) is 13.4 Å². The molecule has 0 unspecified atom stereocenters. The molecule has 0 spiro atoms. The van der Waals surface area contributed by atoms with Crippen molar-refractivity contribution < 1.29 is 9.53 Å². The average Bonchev–Trinajstić information content (AvgIpc) is 2.58. The molecule has 114 valence electrons. The van der Waals surface area contributed by atoms with E-state index in [0.717, 1.165) is 10.5 Å². The lowest BCUT2D eigenvalue weighted by molar-refractivity contribution is -0.158. The zero-order valence-corrected chi connectivity index (χ0v) is 14.1. The van der Waals surface area contributed by atoms with Gasteiger partial charge >= 0.3 is 0 Å². The molecule has 2 aromatic carbocycles. The molecule has 1 heterocycles. The zero-order valence-electron chi connectivity index (χ0n) is 12.4. The van der Waals surface area contributed by atoms with Crippen LogP contribution in [0.15, 0.2) is 64.4 Å². The number of methoxy groups -OCH3 is 1. The van der Waals surface area contributed by atoms with Gasteiger partial charge in [0, 0.05) is 16.9 Å². The Kier molecular flexibility index (Phi) is 4.76. The molecule has 0 saturated carbocycles. The molecule has 0 bridgehead atoms. The van der Waals surface area contributed by atoms with E-state index in [1.807, 2.05) is 30.3 Å². The molecule has 5 heteroatoms. The van der Waals surface area contributed by atoms with Gasteiger partial charge in [0.2, 0.25) is 0 Å². The van der Waals surface area contributed by atoms with E-state index >= 15 is 0 Å². The Morgan fingerprint density at radius 1 is 1.00 bits per heavy atom. The lowest BCUT2D eigenvalue weighted by atomic mass is 9.94. The molecule has 0 aromatic heterocycles. The normalized spacial score (nSPS) is 20.8. The molecule has 2 atom stereocenters. The number of benzene rings is 2.